The van der Waals surface area contributed by atoms with Crippen molar-refractivity contribution in [2.24, 2.45) is 0 Å². The lowest BCUT2D eigenvalue weighted by Crippen LogP contribution is -2.20. The summed E-state index contributed by atoms with van der Waals surface area (Å²) in [4.78, 5) is 2.38. The van der Waals surface area contributed by atoms with Crippen LogP contribution in [0.4, 0.5) is 5.69 Å². The van der Waals surface area contributed by atoms with Gasteiger partial charge < -0.3 is 10.2 Å². The zero-order valence-corrected chi connectivity index (χ0v) is 12.4. The number of anilines is 1. The van der Waals surface area contributed by atoms with Crippen molar-refractivity contribution in [1.29, 1.82) is 0 Å². The lowest BCUT2D eigenvalue weighted by Gasteiger charge is -2.21. The molecule has 0 aromatic heterocycles. The molecule has 0 atom stereocenters. The summed E-state index contributed by atoms with van der Waals surface area (Å²) in [6.45, 7) is 9.90. The Morgan fingerprint density at radius 3 is 2.56 bits per heavy atom. The summed E-state index contributed by atoms with van der Waals surface area (Å²) in [7, 11) is 2.20. The summed E-state index contributed by atoms with van der Waals surface area (Å²) in [5, 5.41) is 3.37. The van der Waals surface area contributed by atoms with E-state index < -0.39 is 0 Å². The number of hydrogen-bond donors (Lipinski definition) is 1. The Labute approximate surface area is 112 Å². The first-order valence-electron chi connectivity index (χ1n) is 7.14. The predicted octanol–water partition coefficient (Wildman–Crippen LogP) is 3.52. The highest BCUT2D eigenvalue weighted by atomic mass is 15.1. The molecule has 0 aliphatic rings. The molecule has 2 heteroatoms. The maximum atomic E-state index is 3.37. The monoisotopic (exact) mass is 248 g/mol. The van der Waals surface area contributed by atoms with Crippen LogP contribution in [0.15, 0.2) is 18.2 Å². The van der Waals surface area contributed by atoms with Gasteiger partial charge in [-0.05, 0) is 51.4 Å². The van der Waals surface area contributed by atoms with Crippen molar-refractivity contribution in [1.82, 2.24) is 5.32 Å². The summed E-state index contributed by atoms with van der Waals surface area (Å²) in [5.41, 5.74) is 4.09. The summed E-state index contributed by atoms with van der Waals surface area (Å²) in [6, 6.07) is 6.70. The fourth-order valence-electron chi connectivity index (χ4n) is 2.31. The van der Waals surface area contributed by atoms with Gasteiger partial charge in [-0.25, -0.2) is 0 Å². The van der Waals surface area contributed by atoms with Crippen molar-refractivity contribution in [2.45, 2.75) is 40.0 Å². The first-order valence-corrected chi connectivity index (χ1v) is 7.14. The van der Waals surface area contributed by atoms with Crippen LogP contribution in [-0.2, 0) is 0 Å². The van der Waals surface area contributed by atoms with Gasteiger partial charge in [0.05, 0.1) is 0 Å². The van der Waals surface area contributed by atoms with Crippen LogP contribution >= 0.6 is 0 Å². The third-order valence-electron chi connectivity index (χ3n) is 3.36. The van der Waals surface area contributed by atoms with E-state index in [1.54, 1.807) is 0 Å². The van der Waals surface area contributed by atoms with Crippen LogP contribution in [-0.4, -0.2) is 26.7 Å². The highest BCUT2D eigenvalue weighted by molar-refractivity contribution is 5.53. The zero-order valence-electron chi connectivity index (χ0n) is 12.4. The van der Waals surface area contributed by atoms with Crippen molar-refractivity contribution in [2.75, 3.05) is 31.6 Å². The van der Waals surface area contributed by atoms with Crippen molar-refractivity contribution >= 4 is 5.69 Å². The minimum absolute atomic E-state index is 1.09. The molecule has 1 N–H and O–H groups in total. The summed E-state index contributed by atoms with van der Waals surface area (Å²) in [5.74, 6) is 0. The Morgan fingerprint density at radius 1 is 1.11 bits per heavy atom. The third kappa shape index (κ3) is 5.09. The molecule has 0 saturated carbocycles. The van der Waals surface area contributed by atoms with Gasteiger partial charge in [0, 0.05) is 19.3 Å². The van der Waals surface area contributed by atoms with Crippen LogP contribution in [0.2, 0.25) is 0 Å². The van der Waals surface area contributed by atoms with Crippen LogP contribution in [0.3, 0.4) is 0 Å². The van der Waals surface area contributed by atoms with Gasteiger partial charge in [0.25, 0.3) is 0 Å². The standard InChI is InChI=1S/C16H28N2/c1-5-17-11-7-6-8-12-18(4)16-10-9-14(2)13-15(16)3/h9-10,13,17H,5-8,11-12H2,1-4H3. The summed E-state index contributed by atoms with van der Waals surface area (Å²) in [6.07, 6.45) is 3.87. The fourth-order valence-corrected chi connectivity index (χ4v) is 2.31. The second kappa shape index (κ2) is 8.15. The van der Waals surface area contributed by atoms with E-state index in [1.807, 2.05) is 0 Å². The molecular weight excluding hydrogens is 220 g/mol. The van der Waals surface area contributed by atoms with Gasteiger partial charge in [-0.3, -0.25) is 0 Å². The molecule has 0 spiro atoms. The van der Waals surface area contributed by atoms with Crippen LogP contribution in [0.5, 0.6) is 0 Å². The Morgan fingerprint density at radius 2 is 1.89 bits per heavy atom. The molecule has 1 aromatic carbocycles. The SMILES string of the molecule is CCNCCCCCN(C)c1ccc(C)cc1C. The number of nitrogens with zero attached hydrogens (tertiary/aromatic N) is 1. The highest BCUT2D eigenvalue weighted by Gasteiger charge is 2.03. The van der Waals surface area contributed by atoms with Gasteiger partial charge >= 0.3 is 0 Å². The zero-order chi connectivity index (χ0) is 13.4. The minimum Gasteiger partial charge on any atom is -0.374 e. The topological polar surface area (TPSA) is 15.3 Å². The third-order valence-corrected chi connectivity index (χ3v) is 3.36. The van der Waals surface area contributed by atoms with Crippen LogP contribution < -0.4 is 10.2 Å². The molecule has 0 saturated heterocycles. The van der Waals surface area contributed by atoms with Crippen LogP contribution in [0.25, 0.3) is 0 Å². The highest BCUT2D eigenvalue weighted by Crippen LogP contribution is 2.20. The maximum absolute atomic E-state index is 3.37. The molecule has 0 aliphatic heterocycles. The molecule has 2 nitrogen and oxygen atoms in total. The molecule has 0 radical (unpaired) electrons. The molecule has 0 fully saturated rings. The first-order chi connectivity index (χ1) is 8.65. The van der Waals surface area contributed by atoms with E-state index in [2.05, 4.69) is 56.2 Å². The Bertz CT molecular complexity index is 347. The molecule has 0 amide bonds. The molecule has 1 aromatic rings. The molecular formula is C16H28N2. The Kier molecular flexibility index (Phi) is 6.81. The van der Waals surface area contributed by atoms with Crippen LogP contribution in [0.1, 0.15) is 37.3 Å². The smallest absolute Gasteiger partial charge is 0.0393 e. The molecule has 0 unspecified atom stereocenters. The van der Waals surface area contributed by atoms with Crippen molar-refractivity contribution in [3.8, 4) is 0 Å². The van der Waals surface area contributed by atoms with Gasteiger partial charge in [-0.1, -0.05) is 31.0 Å². The minimum atomic E-state index is 1.09. The summed E-state index contributed by atoms with van der Waals surface area (Å²) >= 11 is 0. The molecule has 0 aliphatic carbocycles. The average molecular weight is 248 g/mol. The Balaban J connectivity index is 2.29. The molecule has 18 heavy (non-hydrogen) atoms. The Hall–Kier alpha value is -1.02. The van der Waals surface area contributed by atoms with E-state index in [0.29, 0.717) is 0 Å². The number of benzene rings is 1. The van der Waals surface area contributed by atoms with E-state index >= 15 is 0 Å². The lowest BCUT2D eigenvalue weighted by atomic mass is 10.1. The number of hydrogen-bond acceptors (Lipinski definition) is 2. The van der Waals surface area contributed by atoms with E-state index in [9.17, 15) is 0 Å². The van der Waals surface area contributed by atoms with E-state index in [0.717, 1.165) is 19.6 Å². The molecule has 102 valence electrons. The quantitative estimate of drug-likeness (QED) is 0.708. The van der Waals surface area contributed by atoms with Gasteiger partial charge in [-0.2, -0.15) is 0 Å². The largest absolute Gasteiger partial charge is 0.374 e. The predicted molar refractivity (Wildman–Crippen MR) is 81.6 cm³/mol. The van der Waals surface area contributed by atoms with E-state index in [-0.39, 0.29) is 0 Å². The second-order valence-electron chi connectivity index (χ2n) is 5.13. The number of rotatable bonds is 8. The number of nitrogens with one attached hydrogen (secondary N) is 1. The first kappa shape index (κ1) is 15.0. The van der Waals surface area contributed by atoms with Gasteiger partial charge in [-0.15, -0.1) is 0 Å². The second-order valence-corrected chi connectivity index (χ2v) is 5.13. The van der Waals surface area contributed by atoms with E-state index in [1.165, 1.54) is 36.1 Å². The average Bonchev–Trinajstić information content (AvgIpc) is 2.33. The molecule has 0 bridgehead atoms. The maximum Gasteiger partial charge on any atom is 0.0393 e. The van der Waals surface area contributed by atoms with Crippen molar-refractivity contribution < 1.29 is 0 Å². The number of unbranched alkanes of at least 4 members (excludes halogenated alkanes) is 2. The normalized spacial score (nSPS) is 10.7. The molecule has 0 heterocycles. The van der Waals surface area contributed by atoms with E-state index in [4.69, 9.17) is 0 Å². The van der Waals surface area contributed by atoms with Gasteiger partial charge in [0.1, 0.15) is 0 Å². The molecule has 1 rings (SSSR count). The fraction of sp³-hybridized carbons (Fsp3) is 0.625. The van der Waals surface area contributed by atoms with Gasteiger partial charge in [0.2, 0.25) is 0 Å². The van der Waals surface area contributed by atoms with Crippen LogP contribution in [0, 0.1) is 13.8 Å². The van der Waals surface area contributed by atoms with Crippen molar-refractivity contribution in [3.05, 3.63) is 29.3 Å². The van der Waals surface area contributed by atoms with Crippen molar-refractivity contribution in [3.63, 3.8) is 0 Å². The lowest BCUT2D eigenvalue weighted by molar-refractivity contribution is 0.615. The number of aryl methyl sites for hydroxylation is 2. The summed E-state index contributed by atoms with van der Waals surface area (Å²) < 4.78 is 0. The van der Waals surface area contributed by atoms with Gasteiger partial charge in [0.15, 0.2) is 0 Å².